The van der Waals surface area contributed by atoms with Gasteiger partial charge in [0.15, 0.2) is 5.65 Å². The lowest BCUT2D eigenvalue weighted by Gasteiger charge is -2.21. The van der Waals surface area contributed by atoms with Crippen molar-refractivity contribution in [2.45, 2.75) is 52.4 Å². The van der Waals surface area contributed by atoms with Gasteiger partial charge in [-0.15, -0.1) is 0 Å². The van der Waals surface area contributed by atoms with Gasteiger partial charge in [0, 0.05) is 27.0 Å². The number of nitrogens with zero attached hydrogens (tertiary/aromatic N) is 5. The van der Waals surface area contributed by atoms with Gasteiger partial charge in [-0.05, 0) is 24.3 Å². The minimum Gasteiger partial charge on any atom is -0.456 e. The predicted molar refractivity (Wildman–Crippen MR) is 119 cm³/mol. The summed E-state index contributed by atoms with van der Waals surface area (Å²) in [5, 5.41) is 3.19. The van der Waals surface area contributed by atoms with E-state index in [1.54, 1.807) is 0 Å². The van der Waals surface area contributed by atoms with Gasteiger partial charge in [0.05, 0.1) is 11.7 Å². The van der Waals surface area contributed by atoms with Gasteiger partial charge in [-0.1, -0.05) is 41.5 Å². The van der Waals surface area contributed by atoms with Crippen LogP contribution in [-0.4, -0.2) is 24.3 Å². The molecule has 0 atom stereocenters. The molecule has 0 fully saturated rings. The van der Waals surface area contributed by atoms with E-state index in [1.165, 1.54) is 0 Å². The summed E-state index contributed by atoms with van der Waals surface area (Å²) in [6.45, 7) is 12.9. The number of imidazole rings is 1. The number of hydrogen-bond donors (Lipinski definition) is 0. The van der Waals surface area contributed by atoms with Crippen LogP contribution in [0.3, 0.4) is 0 Å². The fourth-order valence-corrected chi connectivity index (χ4v) is 4.18. The molecule has 5 heterocycles. The molecule has 0 N–H and O–H groups in total. The van der Waals surface area contributed by atoms with Crippen LogP contribution < -0.4 is 0 Å². The smallest absolute Gasteiger partial charge is 0.169 e. The van der Waals surface area contributed by atoms with Crippen LogP contribution in [0.5, 0.6) is 0 Å². The Bertz CT molecular complexity index is 1610. The molecule has 6 nitrogen and oxygen atoms in total. The minimum atomic E-state index is -0.191. The van der Waals surface area contributed by atoms with Crippen LogP contribution in [0.2, 0.25) is 0 Å². The van der Waals surface area contributed by atoms with Crippen LogP contribution in [0, 0.1) is 0 Å². The molecule has 6 aromatic rings. The van der Waals surface area contributed by atoms with Gasteiger partial charge in [-0.3, -0.25) is 4.40 Å². The summed E-state index contributed by atoms with van der Waals surface area (Å²) >= 11 is 0. The summed E-state index contributed by atoms with van der Waals surface area (Å²) < 4.78 is 7.99. The first kappa shape index (κ1) is 17.6. The first-order chi connectivity index (χ1) is 14.1. The van der Waals surface area contributed by atoms with Crippen molar-refractivity contribution in [1.82, 2.24) is 24.3 Å². The van der Waals surface area contributed by atoms with Crippen LogP contribution >= 0.6 is 0 Å². The molecular formula is C24H23N5O. The topological polar surface area (TPSA) is 69.1 Å². The van der Waals surface area contributed by atoms with Gasteiger partial charge in [0.25, 0.3) is 0 Å². The number of aromatic nitrogens is 5. The molecule has 1 aromatic carbocycles. The first-order valence-electron chi connectivity index (χ1n) is 10.3. The molecule has 30 heavy (non-hydrogen) atoms. The van der Waals surface area contributed by atoms with E-state index in [2.05, 4.69) is 63.1 Å². The molecule has 6 rings (SSSR count). The molecule has 150 valence electrons. The standard InChI is InChI=1S/C24H23N5O/c1-23(2,3)21-25-11-16-20(28-21)29-19(26-16)14-9-12-13(18-8-7-17(12)30-18)10-15(14)27-22(29)24(4,5)6/h7-11H,1-6H3. The van der Waals surface area contributed by atoms with Crippen molar-refractivity contribution in [1.29, 1.82) is 0 Å². The zero-order valence-electron chi connectivity index (χ0n) is 18.0. The van der Waals surface area contributed by atoms with E-state index in [-0.39, 0.29) is 10.8 Å². The van der Waals surface area contributed by atoms with Gasteiger partial charge < -0.3 is 4.42 Å². The van der Waals surface area contributed by atoms with Crippen LogP contribution in [0.4, 0.5) is 0 Å². The molecule has 2 bridgehead atoms. The van der Waals surface area contributed by atoms with Crippen molar-refractivity contribution < 1.29 is 4.42 Å². The highest BCUT2D eigenvalue weighted by Crippen LogP contribution is 2.37. The van der Waals surface area contributed by atoms with E-state index >= 15 is 0 Å². The summed E-state index contributed by atoms with van der Waals surface area (Å²) in [5.41, 5.74) is 4.82. The highest BCUT2D eigenvalue weighted by molar-refractivity contribution is 6.14. The summed E-state index contributed by atoms with van der Waals surface area (Å²) in [5.74, 6) is 1.73. The second-order valence-electron chi connectivity index (χ2n) is 10.2. The lowest BCUT2D eigenvalue weighted by atomic mass is 9.95. The largest absolute Gasteiger partial charge is 0.456 e. The number of fused-ring (bicyclic) bond motifs is 10. The minimum absolute atomic E-state index is 0.151. The Morgan fingerprint density at radius 3 is 2.10 bits per heavy atom. The molecule has 0 aliphatic heterocycles. The van der Waals surface area contributed by atoms with E-state index in [4.69, 9.17) is 19.4 Å². The Hall–Kier alpha value is -3.28. The molecule has 0 spiro atoms. The van der Waals surface area contributed by atoms with Crippen molar-refractivity contribution in [2.24, 2.45) is 0 Å². The highest BCUT2D eigenvalue weighted by Gasteiger charge is 2.26. The van der Waals surface area contributed by atoms with Gasteiger partial charge in [-0.2, -0.15) is 0 Å². The summed E-state index contributed by atoms with van der Waals surface area (Å²) in [6.07, 6.45) is 1.83. The third-order valence-electron chi connectivity index (χ3n) is 5.69. The molecular weight excluding hydrogens is 374 g/mol. The van der Waals surface area contributed by atoms with Gasteiger partial charge >= 0.3 is 0 Å². The van der Waals surface area contributed by atoms with E-state index in [9.17, 15) is 0 Å². The van der Waals surface area contributed by atoms with Crippen molar-refractivity contribution in [3.63, 3.8) is 0 Å². The highest BCUT2D eigenvalue weighted by atomic mass is 16.3. The fraction of sp³-hybridized carbons (Fsp3) is 0.333. The fourth-order valence-electron chi connectivity index (χ4n) is 4.18. The van der Waals surface area contributed by atoms with Crippen molar-refractivity contribution in [3.05, 3.63) is 42.1 Å². The monoisotopic (exact) mass is 397 g/mol. The molecule has 6 heteroatoms. The molecule has 0 aliphatic rings. The molecule has 5 aromatic heterocycles. The third-order valence-corrected chi connectivity index (χ3v) is 5.69. The zero-order valence-corrected chi connectivity index (χ0v) is 18.0. The Labute approximate surface area is 173 Å². The maximum absolute atomic E-state index is 5.88. The zero-order chi connectivity index (χ0) is 21.0. The Morgan fingerprint density at radius 1 is 0.733 bits per heavy atom. The Morgan fingerprint density at radius 2 is 1.43 bits per heavy atom. The molecule has 0 saturated carbocycles. The molecule has 0 aliphatic carbocycles. The Balaban J connectivity index is 1.83. The predicted octanol–water partition coefficient (Wildman–Crippen LogP) is 5.76. The Kier molecular flexibility index (Phi) is 3.07. The summed E-state index contributed by atoms with van der Waals surface area (Å²) in [6, 6.07) is 8.30. The molecule has 0 unspecified atom stereocenters. The second-order valence-corrected chi connectivity index (χ2v) is 10.2. The molecule has 0 amide bonds. The normalized spacial score (nSPS) is 13.7. The van der Waals surface area contributed by atoms with Crippen LogP contribution in [0.15, 0.2) is 34.9 Å². The third kappa shape index (κ3) is 2.24. The van der Waals surface area contributed by atoms with Crippen molar-refractivity contribution in [3.8, 4) is 0 Å². The molecule has 0 radical (unpaired) electrons. The maximum atomic E-state index is 5.88. The molecule has 0 saturated heterocycles. The van der Waals surface area contributed by atoms with E-state index in [1.807, 2.05) is 18.3 Å². The van der Waals surface area contributed by atoms with Crippen molar-refractivity contribution >= 4 is 49.7 Å². The van der Waals surface area contributed by atoms with Crippen LogP contribution in [-0.2, 0) is 10.8 Å². The van der Waals surface area contributed by atoms with E-state index in [0.717, 1.165) is 61.3 Å². The quantitative estimate of drug-likeness (QED) is 0.305. The van der Waals surface area contributed by atoms with Gasteiger partial charge in [-0.25, -0.2) is 19.9 Å². The first-order valence-corrected chi connectivity index (χ1v) is 10.3. The van der Waals surface area contributed by atoms with E-state index < -0.39 is 0 Å². The lowest BCUT2D eigenvalue weighted by Crippen LogP contribution is -2.20. The van der Waals surface area contributed by atoms with Crippen LogP contribution in [0.25, 0.3) is 49.7 Å². The maximum Gasteiger partial charge on any atom is 0.169 e. The van der Waals surface area contributed by atoms with Crippen LogP contribution in [0.1, 0.15) is 53.2 Å². The number of hydrogen-bond acceptors (Lipinski definition) is 5. The number of benzene rings is 2. The second kappa shape index (κ2) is 5.25. The van der Waals surface area contributed by atoms with Gasteiger partial charge in [0.2, 0.25) is 0 Å². The summed E-state index contributed by atoms with van der Waals surface area (Å²) in [7, 11) is 0. The SMILES string of the molecule is CC(C)(C)c1ncc2nc3c4cc5c6ccc(o6)c5cc4nc(C(C)(C)C)n3c2n1. The van der Waals surface area contributed by atoms with Gasteiger partial charge in [0.1, 0.15) is 34.0 Å². The average molecular weight is 397 g/mol. The summed E-state index contributed by atoms with van der Waals surface area (Å²) in [4.78, 5) is 19.6. The number of furan rings is 2. The van der Waals surface area contributed by atoms with E-state index in [0.29, 0.717) is 0 Å². The lowest BCUT2D eigenvalue weighted by molar-refractivity contribution is 0.537. The number of rotatable bonds is 0. The van der Waals surface area contributed by atoms with Crippen molar-refractivity contribution in [2.75, 3.05) is 0 Å². The average Bonchev–Trinajstić information content (AvgIpc) is 3.37.